The van der Waals surface area contributed by atoms with E-state index >= 15 is 0 Å². The van der Waals surface area contributed by atoms with Gasteiger partial charge in [-0.15, -0.1) is 11.6 Å². The molecule has 0 spiro atoms. The second kappa shape index (κ2) is 9.53. The van der Waals surface area contributed by atoms with Crippen molar-refractivity contribution in [3.8, 4) is 0 Å². The van der Waals surface area contributed by atoms with Crippen LogP contribution in [0.15, 0.2) is 60.3 Å². The van der Waals surface area contributed by atoms with E-state index in [9.17, 15) is 14.7 Å². The molecule has 0 saturated carbocycles. The third-order valence-corrected chi connectivity index (χ3v) is 4.88. The zero-order chi connectivity index (χ0) is 19.9. The van der Waals surface area contributed by atoms with E-state index in [2.05, 4.69) is 10.6 Å². The van der Waals surface area contributed by atoms with Gasteiger partial charge in [0.1, 0.15) is 0 Å². The van der Waals surface area contributed by atoms with Crippen LogP contribution in [0.4, 0.5) is 11.4 Å². The largest absolute Gasteiger partial charge is 0.390 e. The fraction of sp³-hybridized carbons (Fsp3) is 0.273. The molecule has 1 aliphatic rings. The van der Waals surface area contributed by atoms with Gasteiger partial charge in [0.15, 0.2) is 11.6 Å². The summed E-state index contributed by atoms with van der Waals surface area (Å²) in [4.78, 5) is 24.5. The van der Waals surface area contributed by atoms with Gasteiger partial charge in [-0.25, -0.2) is 0 Å². The van der Waals surface area contributed by atoms with Gasteiger partial charge in [0.05, 0.1) is 23.4 Å². The number of carbonyl (C=O) groups is 2. The number of carbonyl (C=O) groups excluding carboxylic acids is 2. The maximum absolute atomic E-state index is 12.8. The average Bonchev–Trinajstić information content (AvgIpc) is 2.72. The number of ketones is 2. The van der Waals surface area contributed by atoms with Crippen molar-refractivity contribution in [3.05, 3.63) is 71.4 Å². The number of nitrogens with one attached hydrogen (secondary N) is 2. The van der Waals surface area contributed by atoms with Crippen LogP contribution in [0.1, 0.15) is 35.2 Å². The maximum Gasteiger partial charge on any atom is 0.193 e. The van der Waals surface area contributed by atoms with Crippen LogP contribution in [0.5, 0.6) is 0 Å². The maximum atomic E-state index is 12.8. The third-order valence-electron chi connectivity index (χ3n) is 4.52. The molecule has 2 aromatic rings. The van der Waals surface area contributed by atoms with Gasteiger partial charge < -0.3 is 15.7 Å². The number of halogens is 1. The Kier molecular flexibility index (Phi) is 6.85. The molecule has 0 bridgehead atoms. The van der Waals surface area contributed by atoms with Crippen LogP contribution in [0, 0.1) is 0 Å². The summed E-state index contributed by atoms with van der Waals surface area (Å²) in [6, 6.07) is 14.4. The van der Waals surface area contributed by atoms with Gasteiger partial charge >= 0.3 is 0 Å². The molecular formula is C22H23ClN2O3. The van der Waals surface area contributed by atoms with Crippen LogP contribution < -0.4 is 10.6 Å². The van der Waals surface area contributed by atoms with Crippen molar-refractivity contribution < 1.29 is 14.7 Å². The molecule has 1 atom stereocenters. The zero-order valence-electron chi connectivity index (χ0n) is 15.5. The second-order valence-electron chi connectivity index (χ2n) is 6.76. The highest BCUT2D eigenvalue weighted by Crippen LogP contribution is 2.28. The number of allylic oxidation sites excluding steroid dienone is 2. The number of hydrogen-bond donors (Lipinski definition) is 3. The number of anilines is 2. The summed E-state index contributed by atoms with van der Waals surface area (Å²) in [6.45, 7) is 0.280. The highest BCUT2D eigenvalue weighted by molar-refractivity contribution is 6.18. The van der Waals surface area contributed by atoms with Crippen molar-refractivity contribution in [1.82, 2.24) is 0 Å². The second-order valence-corrected chi connectivity index (χ2v) is 7.07. The minimum atomic E-state index is -0.685. The van der Waals surface area contributed by atoms with E-state index in [0.29, 0.717) is 23.2 Å². The Morgan fingerprint density at radius 3 is 2.57 bits per heavy atom. The Morgan fingerprint density at radius 2 is 1.86 bits per heavy atom. The van der Waals surface area contributed by atoms with E-state index in [1.54, 1.807) is 36.4 Å². The number of benzene rings is 2. The van der Waals surface area contributed by atoms with Crippen molar-refractivity contribution >= 4 is 34.5 Å². The fourth-order valence-electron chi connectivity index (χ4n) is 3.04. The van der Waals surface area contributed by atoms with Crippen LogP contribution in [0.2, 0.25) is 0 Å². The molecule has 3 N–H and O–H groups in total. The number of aliphatic hydroxyl groups excluding tert-OH is 1. The quantitative estimate of drug-likeness (QED) is 0.463. The molecular weight excluding hydrogens is 376 g/mol. The molecule has 0 radical (unpaired) electrons. The predicted octanol–water partition coefficient (Wildman–Crippen LogP) is 3.98. The summed E-state index contributed by atoms with van der Waals surface area (Å²) in [5.41, 5.74) is 3.39. The average molecular weight is 399 g/mol. The molecule has 0 heterocycles. The zero-order valence-corrected chi connectivity index (χ0v) is 16.2. The standard InChI is InChI=1S/C22H23ClN2O3/c23-13-19(27)14-24-20-10-9-16(22(28)15-5-2-1-3-6-15)11-21(20)25-17-7-4-8-18(26)12-17/h1-3,5-6,9-12,19,24-25,27H,4,7-8,13-14H2. The molecule has 5 nitrogen and oxygen atoms in total. The molecule has 0 fully saturated rings. The summed E-state index contributed by atoms with van der Waals surface area (Å²) in [6.07, 6.45) is 3.06. The lowest BCUT2D eigenvalue weighted by Gasteiger charge is -2.19. The minimum Gasteiger partial charge on any atom is -0.390 e. The van der Waals surface area contributed by atoms with Gasteiger partial charge in [0, 0.05) is 35.9 Å². The topological polar surface area (TPSA) is 78.4 Å². The first-order valence-electron chi connectivity index (χ1n) is 9.29. The molecule has 1 unspecified atom stereocenters. The fourth-order valence-corrected chi connectivity index (χ4v) is 3.15. The van der Waals surface area contributed by atoms with Crippen molar-refractivity contribution in [2.75, 3.05) is 23.1 Å². The number of alkyl halides is 1. The summed E-state index contributed by atoms with van der Waals surface area (Å²) in [7, 11) is 0. The number of hydrogen-bond acceptors (Lipinski definition) is 5. The van der Waals surface area contributed by atoms with E-state index in [-0.39, 0.29) is 24.0 Å². The van der Waals surface area contributed by atoms with E-state index in [0.717, 1.165) is 24.2 Å². The molecule has 0 saturated heterocycles. The summed E-state index contributed by atoms with van der Waals surface area (Å²) >= 11 is 5.67. The molecule has 3 rings (SSSR count). The van der Waals surface area contributed by atoms with E-state index < -0.39 is 6.10 Å². The Labute approximate surface area is 169 Å². The molecule has 2 aromatic carbocycles. The molecule has 146 valence electrons. The lowest BCUT2D eigenvalue weighted by molar-refractivity contribution is -0.115. The Balaban J connectivity index is 1.89. The first-order valence-corrected chi connectivity index (χ1v) is 9.82. The van der Waals surface area contributed by atoms with E-state index in [1.807, 2.05) is 18.2 Å². The molecule has 28 heavy (non-hydrogen) atoms. The number of rotatable bonds is 8. The molecule has 6 heteroatoms. The smallest absolute Gasteiger partial charge is 0.193 e. The van der Waals surface area contributed by atoms with Crippen LogP contribution in [0.25, 0.3) is 0 Å². The van der Waals surface area contributed by atoms with E-state index in [1.165, 1.54) is 0 Å². The van der Waals surface area contributed by atoms with Gasteiger partial charge in [-0.05, 0) is 31.0 Å². The highest BCUT2D eigenvalue weighted by atomic mass is 35.5. The molecule has 0 amide bonds. The van der Waals surface area contributed by atoms with Crippen molar-refractivity contribution in [3.63, 3.8) is 0 Å². The first kappa shape index (κ1) is 20.1. The van der Waals surface area contributed by atoms with Gasteiger partial charge in [-0.1, -0.05) is 30.3 Å². The lowest BCUT2D eigenvalue weighted by Crippen LogP contribution is -2.21. The van der Waals surface area contributed by atoms with Gasteiger partial charge in [-0.3, -0.25) is 9.59 Å². The minimum absolute atomic E-state index is 0.0790. The highest BCUT2D eigenvalue weighted by Gasteiger charge is 2.15. The SMILES string of the molecule is O=C1C=C(Nc2cc(C(=O)c3ccccc3)ccc2NCC(O)CCl)CCC1. The molecule has 0 aromatic heterocycles. The van der Waals surface area contributed by atoms with Crippen LogP contribution in [0.3, 0.4) is 0 Å². The first-order chi connectivity index (χ1) is 13.6. The monoisotopic (exact) mass is 398 g/mol. The van der Waals surface area contributed by atoms with Gasteiger partial charge in [0.2, 0.25) is 0 Å². The summed E-state index contributed by atoms with van der Waals surface area (Å²) in [5, 5.41) is 16.2. The van der Waals surface area contributed by atoms with Crippen LogP contribution in [-0.2, 0) is 4.79 Å². The number of aliphatic hydroxyl groups is 1. The van der Waals surface area contributed by atoms with Crippen LogP contribution in [-0.4, -0.2) is 35.2 Å². The summed E-state index contributed by atoms with van der Waals surface area (Å²) < 4.78 is 0. The van der Waals surface area contributed by atoms with Crippen molar-refractivity contribution in [2.24, 2.45) is 0 Å². The Morgan fingerprint density at radius 1 is 1.07 bits per heavy atom. The van der Waals surface area contributed by atoms with Crippen molar-refractivity contribution in [2.45, 2.75) is 25.4 Å². The van der Waals surface area contributed by atoms with Crippen LogP contribution >= 0.6 is 11.6 Å². The van der Waals surface area contributed by atoms with Gasteiger partial charge in [-0.2, -0.15) is 0 Å². The molecule has 0 aliphatic heterocycles. The van der Waals surface area contributed by atoms with E-state index in [4.69, 9.17) is 11.6 Å². The van der Waals surface area contributed by atoms with Gasteiger partial charge in [0.25, 0.3) is 0 Å². The normalized spacial score (nSPS) is 14.9. The van der Waals surface area contributed by atoms with Crippen molar-refractivity contribution in [1.29, 1.82) is 0 Å². The Bertz CT molecular complexity index is 881. The predicted molar refractivity (Wildman–Crippen MR) is 112 cm³/mol. The third kappa shape index (κ3) is 5.21. The lowest BCUT2D eigenvalue weighted by atomic mass is 10.0. The molecule has 1 aliphatic carbocycles. The Hall–Kier alpha value is -2.63. The summed E-state index contributed by atoms with van der Waals surface area (Å²) in [5.74, 6) is 0.141.